The predicted molar refractivity (Wildman–Crippen MR) is 76.4 cm³/mol. The minimum Gasteiger partial charge on any atom is -0.497 e. The molecule has 2 aromatic rings. The van der Waals surface area contributed by atoms with Crippen molar-refractivity contribution in [2.45, 2.75) is 13.3 Å². The fourth-order valence-corrected chi connectivity index (χ4v) is 2.02. The zero-order valence-corrected chi connectivity index (χ0v) is 11.2. The van der Waals surface area contributed by atoms with E-state index in [1.165, 1.54) is 11.6 Å². The summed E-state index contributed by atoms with van der Waals surface area (Å²) in [4.78, 5) is 14.5. The van der Waals surface area contributed by atoms with Crippen LogP contribution in [0.2, 0.25) is 0 Å². The van der Waals surface area contributed by atoms with Crippen molar-refractivity contribution in [3.8, 4) is 5.75 Å². The van der Waals surface area contributed by atoms with E-state index < -0.39 is 0 Å². The molecule has 2 N–H and O–H groups in total. The fraction of sp³-hybridized carbons (Fsp3) is 0.267. The van der Waals surface area contributed by atoms with Crippen LogP contribution in [0.15, 0.2) is 36.5 Å². The zero-order chi connectivity index (χ0) is 13.7. The Balaban J connectivity index is 2.06. The number of aromatic amines is 1. The van der Waals surface area contributed by atoms with Gasteiger partial charge in [-0.1, -0.05) is 6.08 Å². The third-order valence-electron chi connectivity index (χ3n) is 2.99. The molecule has 0 aliphatic carbocycles. The molecule has 0 radical (unpaired) electrons. The first kappa shape index (κ1) is 13.2. The number of hydrogen-bond acceptors (Lipinski definition) is 2. The maximum atomic E-state index is 11.3. The SMILES string of the molecule is CC=CC(=O)NCCc1c[nH]c2ccc(OC)cc12. The summed E-state index contributed by atoms with van der Waals surface area (Å²) in [6.45, 7) is 2.44. The molecule has 0 aliphatic heterocycles. The van der Waals surface area contributed by atoms with E-state index in [9.17, 15) is 4.79 Å². The molecule has 0 saturated heterocycles. The summed E-state index contributed by atoms with van der Waals surface area (Å²) >= 11 is 0. The Kier molecular flexibility index (Phi) is 4.23. The van der Waals surface area contributed by atoms with E-state index in [1.807, 2.05) is 31.3 Å². The van der Waals surface area contributed by atoms with Crippen molar-refractivity contribution in [1.29, 1.82) is 0 Å². The molecule has 0 aliphatic rings. The van der Waals surface area contributed by atoms with Crippen molar-refractivity contribution in [2.75, 3.05) is 13.7 Å². The van der Waals surface area contributed by atoms with Crippen LogP contribution in [-0.2, 0) is 11.2 Å². The summed E-state index contributed by atoms with van der Waals surface area (Å²) in [7, 11) is 1.66. The molecule has 0 fully saturated rings. The Hall–Kier alpha value is -2.23. The summed E-state index contributed by atoms with van der Waals surface area (Å²) in [5.41, 5.74) is 2.25. The molecule has 100 valence electrons. The smallest absolute Gasteiger partial charge is 0.243 e. The van der Waals surface area contributed by atoms with Crippen LogP contribution in [0.25, 0.3) is 10.9 Å². The lowest BCUT2D eigenvalue weighted by Gasteiger charge is -2.03. The number of aromatic nitrogens is 1. The normalized spacial score (nSPS) is 11.1. The first-order valence-corrected chi connectivity index (χ1v) is 6.29. The largest absolute Gasteiger partial charge is 0.497 e. The van der Waals surface area contributed by atoms with Crippen LogP contribution < -0.4 is 10.1 Å². The van der Waals surface area contributed by atoms with Gasteiger partial charge in [-0.05, 0) is 43.2 Å². The van der Waals surface area contributed by atoms with Gasteiger partial charge in [-0.15, -0.1) is 0 Å². The number of fused-ring (bicyclic) bond motifs is 1. The average Bonchev–Trinajstić information content (AvgIpc) is 2.81. The van der Waals surface area contributed by atoms with E-state index in [2.05, 4.69) is 10.3 Å². The third-order valence-corrected chi connectivity index (χ3v) is 2.99. The molecule has 0 saturated carbocycles. The molecule has 19 heavy (non-hydrogen) atoms. The number of H-pyrrole nitrogens is 1. The van der Waals surface area contributed by atoms with Crippen molar-refractivity contribution in [1.82, 2.24) is 10.3 Å². The molecule has 1 amide bonds. The van der Waals surface area contributed by atoms with Crippen LogP contribution in [0.1, 0.15) is 12.5 Å². The highest BCUT2D eigenvalue weighted by molar-refractivity contribution is 5.87. The maximum absolute atomic E-state index is 11.3. The second kappa shape index (κ2) is 6.09. The minimum atomic E-state index is -0.0556. The Bertz CT molecular complexity index is 599. The molecular weight excluding hydrogens is 240 g/mol. The molecule has 1 aromatic carbocycles. The zero-order valence-electron chi connectivity index (χ0n) is 11.2. The van der Waals surface area contributed by atoms with Crippen molar-refractivity contribution >= 4 is 16.8 Å². The fourth-order valence-electron chi connectivity index (χ4n) is 2.02. The molecule has 1 heterocycles. The predicted octanol–water partition coefficient (Wildman–Crippen LogP) is 2.41. The number of carbonyl (C=O) groups excluding carboxylic acids is 1. The number of nitrogens with one attached hydrogen (secondary N) is 2. The number of carbonyl (C=O) groups is 1. The van der Waals surface area contributed by atoms with Gasteiger partial charge in [0.15, 0.2) is 0 Å². The highest BCUT2D eigenvalue weighted by Gasteiger charge is 2.05. The Morgan fingerprint density at radius 1 is 1.47 bits per heavy atom. The number of allylic oxidation sites excluding steroid dienone is 1. The number of amides is 1. The average molecular weight is 258 g/mol. The number of ether oxygens (including phenoxy) is 1. The highest BCUT2D eigenvalue weighted by Crippen LogP contribution is 2.23. The van der Waals surface area contributed by atoms with Crippen LogP contribution >= 0.6 is 0 Å². The number of hydrogen-bond donors (Lipinski definition) is 2. The summed E-state index contributed by atoms with van der Waals surface area (Å²) in [6, 6.07) is 5.93. The van der Waals surface area contributed by atoms with Crippen LogP contribution in [0.4, 0.5) is 0 Å². The van der Waals surface area contributed by atoms with Gasteiger partial charge in [0.1, 0.15) is 5.75 Å². The minimum absolute atomic E-state index is 0.0556. The molecule has 4 heteroatoms. The van der Waals surface area contributed by atoms with E-state index in [-0.39, 0.29) is 5.91 Å². The van der Waals surface area contributed by atoms with Gasteiger partial charge < -0.3 is 15.0 Å². The van der Waals surface area contributed by atoms with Crippen molar-refractivity contribution in [2.24, 2.45) is 0 Å². The lowest BCUT2D eigenvalue weighted by Crippen LogP contribution is -2.23. The Morgan fingerprint density at radius 2 is 2.32 bits per heavy atom. The summed E-state index contributed by atoms with van der Waals surface area (Å²) in [5, 5.41) is 3.98. The second-order valence-electron chi connectivity index (χ2n) is 4.27. The van der Waals surface area contributed by atoms with Gasteiger partial charge in [0.05, 0.1) is 7.11 Å². The van der Waals surface area contributed by atoms with Crippen LogP contribution in [0.5, 0.6) is 5.75 Å². The lowest BCUT2D eigenvalue weighted by molar-refractivity contribution is -0.116. The van der Waals surface area contributed by atoms with Gasteiger partial charge in [0, 0.05) is 23.6 Å². The van der Waals surface area contributed by atoms with Gasteiger partial charge in [-0.2, -0.15) is 0 Å². The van der Waals surface area contributed by atoms with Crippen LogP contribution in [0, 0.1) is 0 Å². The van der Waals surface area contributed by atoms with Crippen molar-refractivity contribution < 1.29 is 9.53 Å². The number of methoxy groups -OCH3 is 1. The van der Waals surface area contributed by atoms with Crippen molar-refractivity contribution in [3.05, 3.63) is 42.1 Å². The molecule has 2 rings (SSSR count). The van der Waals surface area contributed by atoms with E-state index >= 15 is 0 Å². The molecular formula is C15H18N2O2. The quantitative estimate of drug-likeness (QED) is 0.809. The van der Waals surface area contributed by atoms with E-state index in [0.29, 0.717) is 6.54 Å². The van der Waals surface area contributed by atoms with Crippen molar-refractivity contribution in [3.63, 3.8) is 0 Å². The first-order chi connectivity index (χ1) is 9.24. The molecule has 4 nitrogen and oxygen atoms in total. The van der Waals surface area contributed by atoms with E-state index in [0.717, 1.165) is 23.1 Å². The number of benzene rings is 1. The first-order valence-electron chi connectivity index (χ1n) is 6.29. The highest BCUT2D eigenvalue weighted by atomic mass is 16.5. The monoisotopic (exact) mass is 258 g/mol. The maximum Gasteiger partial charge on any atom is 0.243 e. The van der Waals surface area contributed by atoms with E-state index in [1.54, 1.807) is 13.2 Å². The molecule has 0 spiro atoms. The molecule has 1 aromatic heterocycles. The molecule has 0 atom stereocenters. The van der Waals surface area contributed by atoms with E-state index in [4.69, 9.17) is 4.74 Å². The van der Waals surface area contributed by atoms with Gasteiger partial charge >= 0.3 is 0 Å². The van der Waals surface area contributed by atoms with Gasteiger partial charge in [0.2, 0.25) is 5.91 Å². The Morgan fingerprint density at radius 3 is 3.05 bits per heavy atom. The van der Waals surface area contributed by atoms with Crippen LogP contribution in [-0.4, -0.2) is 24.5 Å². The lowest BCUT2D eigenvalue weighted by atomic mass is 10.1. The third kappa shape index (κ3) is 3.16. The summed E-state index contributed by atoms with van der Waals surface area (Å²) in [5.74, 6) is 0.784. The molecule has 0 bridgehead atoms. The van der Waals surface area contributed by atoms with Gasteiger partial charge in [-0.3, -0.25) is 4.79 Å². The second-order valence-corrected chi connectivity index (χ2v) is 4.27. The summed E-state index contributed by atoms with van der Waals surface area (Å²) < 4.78 is 5.23. The standard InChI is InChI=1S/C15H18N2O2/c1-3-4-15(18)16-8-7-11-10-17-14-6-5-12(19-2)9-13(11)14/h3-6,9-10,17H,7-8H2,1-2H3,(H,16,18). The van der Waals surface area contributed by atoms with Gasteiger partial charge in [0.25, 0.3) is 0 Å². The summed E-state index contributed by atoms with van der Waals surface area (Å²) in [6.07, 6.45) is 6.02. The van der Waals surface area contributed by atoms with Gasteiger partial charge in [-0.25, -0.2) is 0 Å². The number of rotatable bonds is 5. The van der Waals surface area contributed by atoms with Crippen LogP contribution in [0.3, 0.4) is 0 Å². The Labute approximate surface area is 112 Å². The molecule has 0 unspecified atom stereocenters. The topological polar surface area (TPSA) is 54.1 Å².